The lowest BCUT2D eigenvalue weighted by Gasteiger charge is -2.05. The van der Waals surface area contributed by atoms with E-state index >= 15 is 0 Å². The van der Waals surface area contributed by atoms with E-state index in [1.54, 1.807) is 11.3 Å². The van der Waals surface area contributed by atoms with Crippen molar-refractivity contribution in [1.29, 1.82) is 0 Å². The van der Waals surface area contributed by atoms with Gasteiger partial charge in [-0.25, -0.2) is 8.78 Å². The zero-order chi connectivity index (χ0) is 12.8. The fourth-order valence-electron chi connectivity index (χ4n) is 1.71. The Hall–Kier alpha value is -1.04. The molecule has 0 aliphatic carbocycles. The molecule has 0 fully saturated rings. The van der Waals surface area contributed by atoms with Crippen molar-refractivity contribution in [2.24, 2.45) is 0 Å². The Bertz CT molecular complexity index is 487. The summed E-state index contributed by atoms with van der Waals surface area (Å²) in [6.07, 6.45) is -2.38. The summed E-state index contributed by atoms with van der Waals surface area (Å²) in [6, 6.07) is 8.23. The molecule has 1 heterocycles. The topological polar surface area (TPSA) is 21.3 Å². The van der Waals surface area contributed by atoms with Crippen molar-refractivity contribution >= 4 is 21.4 Å². The van der Waals surface area contributed by atoms with Crippen LogP contribution in [0, 0.1) is 0 Å². The third-order valence-corrected chi connectivity index (χ3v) is 3.56. The number of hydrogen-bond acceptors (Lipinski definition) is 3. The van der Waals surface area contributed by atoms with Crippen molar-refractivity contribution in [1.82, 2.24) is 5.32 Å². The van der Waals surface area contributed by atoms with E-state index in [0.717, 1.165) is 6.54 Å². The summed E-state index contributed by atoms with van der Waals surface area (Å²) in [5.74, 6) is 0. The SMILES string of the molecule is FC(F)COCCNCc1csc2ccccc12. The number of benzene rings is 1. The maximum absolute atomic E-state index is 11.8. The highest BCUT2D eigenvalue weighted by Gasteiger charge is 2.03. The highest BCUT2D eigenvalue weighted by molar-refractivity contribution is 7.17. The Balaban J connectivity index is 1.74. The van der Waals surface area contributed by atoms with Gasteiger partial charge in [0.25, 0.3) is 6.43 Å². The van der Waals surface area contributed by atoms with Crippen molar-refractivity contribution in [3.8, 4) is 0 Å². The van der Waals surface area contributed by atoms with Gasteiger partial charge in [0.1, 0.15) is 6.61 Å². The first-order chi connectivity index (χ1) is 8.77. The molecule has 1 aromatic carbocycles. The number of rotatable bonds is 7. The average molecular weight is 271 g/mol. The van der Waals surface area contributed by atoms with E-state index in [4.69, 9.17) is 4.74 Å². The summed E-state index contributed by atoms with van der Waals surface area (Å²) in [7, 11) is 0. The van der Waals surface area contributed by atoms with E-state index in [1.165, 1.54) is 15.6 Å². The minimum absolute atomic E-state index is 0.312. The zero-order valence-electron chi connectivity index (χ0n) is 9.86. The smallest absolute Gasteiger partial charge is 0.261 e. The Labute approximate surface area is 109 Å². The maximum Gasteiger partial charge on any atom is 0.261 e. The monoisotopic (exact) mass is 271 g/mol. The van der Waals surface area contributed by atoms with E-state index < -0.39 is 13.0 Å². The second-order valence-corrected chi connectivity index (χ2v) is 4.81. The first-order valence-corrected chi connectivity index (χ1v) is 6.67. The molecule has 0 saturated heterocycles. The second kappa shape index (κ2) is 6.78. The molecule has 1 N–H and O–H groups in total. The molecule has 2 aromatic rings. The lowest BCUT2D eigenvalue weighted by molar-refractivity contribution is 0.0187. The molecular weight excluding hydrogens is 256 g/mol. The lowest BCUT2D eigenvalue weighted by atomic mass is 10.2. The maximum atomic E-state index is 11.8. The van der Waals surface area contributed by atoms with Gasteiger partial charge in [0.2, 0.25) is 0 Å². The van der Waals surface area contributed by atoms with Crippen molar-refractivity contribution in [2.75, 3.05) is 19.8 Å². The molecule has 18 heavy (non-hydrogen) atoms. The second-order valence-electron chi connectivity index (χ2n) is 3.90. The number of halogens is 2. The van der Waals surface area contributed by atoms with Crippen LogP contribution in [0.15, 0.2) is 29.6 Å². The van der Waals surface area contributed by atoms with E-state index in [1.807, 2.05) is 12.1 Å². The number of thiophene rings is 1. The molecule has 0 saturated carbocycles. The Morgan fingerprint density at radius 2 is 2.11 bits per heavy atom. The standard InChI is InChI=1S/C13H15F2NOS/c14-13(15)8-17-6-5-16-7-10-9-18-12-4-2-1-3-11(10)12/h1-4,9,13,16H,5-8H2. The van der Waals surface area contributed by atoms with Gasteiger partial charge in [-0.2, -0.15) is 0 Å². The number of hydrogen-bond donors (Lipinski definition) is 1. The minimum atomic E-state index is -2.38. The fraction of sp³-hybridized carbons (Fsp3) is 0.385. The molecule has 0 atom stereocenters. The number of fused-ring (bicyclic) bond motifs is 1. The Kier molecular flexibility index (Phi) is 5.04. The number of ether oxygens (including phenoxy) is 1. The van der Waals surface area contributed by atoms with E-state index in [0.29, 0.717) is 13.2 Å². The quantitative estimate of drug-likeness (QED) is 0.780. The van der Waals surface area contributed by atoms with Gasteiger partial charge >= 0.3 is 0 Å². The van der Waals surface area contributed by atoms with Gasteiger partial charge in [-0.05, 0) is 22.4 Å². The van der Waals surface area contributed by atoms with Crippen LogP contribution in [0.5, 0.6) is 0 Å². The summed E-state index contributed by atoms with van der Waals surface area (Å²) in [5.41, 5.74) is 1.24. The normalized spacial score (nSPS) is 11.5. The third kappa shape index (κ3) is 3.73. The minimum Gasteiger partial charge on any atom is -0.374 e. The van der Waals surface area contributed by atoms with E-state index in [2.05, 4.69) is 22.8 Å². The molecule has 0 aliphatic rings. The van der Waals surface area contributed by atoms with Gasteiger partial charge < -0.3 is 10.1 Å². The van der Waals surface area contributed by atoms with Gasteiger partial charge in [0.15, 0.2) is 0 Å². The molecule has 5 heteroatoms. The molecule has 98 valence electrons. The molecular formula is C13H15F2NOS. The van der Waals surface area contributed by atoms with Crippen LogP contribution in [0.4, 0.5) is 8.78 Å². The highest BCUT2D eigenvalue weighted by atomic mass is 32.1. The molecule has 0 amide bonds. The van der Waals surface area contributed by atoms with Crippen LogP contribution >= 0.6 is 11.3 Å². The highest BCUT2D eigenvalue weighted by Crippen LogP contribution is 2.25. The van der Waals surface area contributed by atoms with Crippen LogP contribution in [0.25, 0.3) is 10.1 Å². The largest absolute Gasteiger partial charge is 0.374 e. The Morgan fingerprint density at radius 1 is 1.28 bits per heavy atom. The first kappa shape index (κ1) is 13.4. The summed E-state index contributed by atoms with van der Waals surface area (Å²) in [5, 5.41) is 6.57. The molecule has 2 nitrogen and oxygen atoms in total. The molecule has 1 aromatic heterocycles. The predicted octanol–water partition coefficient (Wildman–Crippen LogP) is 3.27. The summed E-state index contributed by atoms with van der Waals surface area (Å²) in [4.78, 5) is 0. The fourth-order valence-corrected chi connectivity index (χ4v) is 2.67. The average Bonchev–Trinajstić information content (AvgIpc) is 2.77. The summed E-state index contributed by atoms with van der Waals surface area (Å²) < 4.78 is 29.7. The molecule has 2 rings (SSSR count). The molecule has 0 radical (unpaired) electrons. The van der Waals surface area contributed by atoms with Gasteiger partial charge in [0.05, 0.1) is 6.61 Å². The van der Waals surface area contributed by atoms with Gasteiger partial charge in [-0.1, -0.05) is 18.2 Å². The van der Waals surface area contributed by atoms with Gasteiger partial charge in [-0.3, -0.25) is 0 Å². The zero-order valence-corrected chi connectivity index (χ0v) is 10.7. The molecule has 0 spiro atoms. The van der Waals surface area contributed by atoms with Crippen LogP contribution in [0.3, 0.4) is 0 Å². The van der Waals surface area contributed by atoms with Gasteiger partial charge in [0, 0.05) is 17.8 Å². The van der Waals surface area contributed by atoms with Crippen LogP contribution in [0.2, 0.25) is 0 Å². The van der Waals surface area contributed by atoms with Crippen molar-refractivity contribution < 1.29 is 13.5 Å². The van der Waals surface area contributed by atoms with Crippen molar-refractivity contribution in [3.05, 3.63) is 35.2 Å². The summed E-state index contributed by atoms with van der Waals surface area (Å²) >= 11 is 1.72. The first-order valence-electron chi connectivity index (χ1n) is 5.79. The van der Waals surface area contributed by atoms with E-state index in [-0.39, 0.29) is 0 Å². The summed E-state index contributed by atoms with van der Waals surface area (Å²) in [6.45, 7) is 1.15. The molecule has 0 unspecified atom stereocenters. The van der Waals surface area contributed by atoms with Crippen LogP contribution < -0.4 is 5.32 Å². The Morgan fingerprint density at radius 3 is 2.94 bits per heavy atom. The van der Waals surface area contributed by atoms with Crippen molar-refractivity contribution in [2.45, 2.75) is 13.0 Å². The van der Waals surface area contributed by atoms with Crippen LogP contribution in [-0.4, -0.2) is 26.2 Å². The predicted molar refractivity (Wildman–Crippen MR) is 70.4 cm³/mol. The molecule has 0 aliphatic heterocycles. The third-order valence-electron chi connectivity index (χ3n) is 2.54. The molecule has 0 bridgehead atoms. The van der Waals surface area contributed by atoms with Crippen molar-refractivity contribution in [3.63, 3.8) is 0 Å². The van der Waals surface area contributed by atoms with Crippen LogP contribution in [0.1, 0.15) is 5.56 Å². The van der Waals surface area contributed by atoms with Gasteiger partial charge in [-0.15, -0.1) is 11.3 Å². The lowest BCUT2D eigenvalue weighted by Crippen LogP contribution is -2.20. The number of nitrogens with one attached hydrogen (secondary N) is 1. The van der Waals surface area contributed by atoms with Crippen LogP contribution in [-0.2, 0) is 11.3 Å². The number of alkyl halides is 2. The van der Waals surface area contributed by atoms with E-state index in [9.17, 15) is 8.78 Å².